The van der Waals surface area contributed by atoms with Crippen LogP contribution in [-0.2, 0) is 11.8 Å². The average molecular weight is 439 g/mol. The van der Waals surface area contributed by atoms with Gasteiger partial charge in [-0.3, -0.25) is 0 Å². The number of hydrogen-bond acceptors (Lipinski definition) is 0. The maximum Gasteiger partial charge on any atom is 0.142 e. The molecule has 2 aromatic carbocycles. The predicted octanol–water partition coefficient (Wildman–Crippen LogP) is 5.89. The molecule has 0 radical (unpaired) electrons. The topological polar surface area (TPSA) is 0 Å². The molecule has 0 bridgehead atoms. The van der Waals surface area contributed by atoms with E-state index in [1.807, 2.05) is 6.07 Å². The van der Waals surface area contributed by atoms with Gasteiger partial charge in [-0.05, 0) is 35.7 Å². The first kappa shape index (κ1) is 16.9. The Bertz CT molecular complexity index is 610. The first-order valence-electron chi connectivity index (χ1n) is 6.33. The molecular weight excluding hydrogens is 425 g/mol. The van der Waals surface area contributed by atoms with Crippen LogP contribution in [0.15, 0.2) is 42.5 Å². The molecule has 0 N–H and O–H groups in total. The van der Waals surface area contributed by atoms with Crippen molar-refractivity contribution in [3.8, 4) is 0 Å². The highest BCUT2D eigenvalue weighted by molar-refractivity contribution is 9.09. The second-order valence-corrected chi connectivity index (χ2v) is 6.44. The molecule has 0 amide bonds. The lowest BCUT2D eigenvalue weighted by molar-refractivity contribution is 0.544. The summed E-state index contributed by atoms with van der Waals surface area (Å²) in [5.41, 5.74) is 1.38. The first-order valence-corrected chi connectivity index (χ1v) is 8.95. The van der Waals surface area contributed by atoms with Gasteiger partial charge < -0.3 is 0 Å². The maximum absolute atomic E-state index is 13.6. The van der Waals surface area contributed by atoms with E-state index in [1.54, 1.807) is 18.2 Å². The number of benzene rings is 2. The normalized spacial score (nSPS) is 11.7. The Morgan fingerprint density at radius 3 is 2.14 bits per heavy atom. The molecule has 0 aliphatic heterocycles. The van der Waals surface area contributed by atoms with Crippen LogP contribution < -0.4 is 0 Å². The van der Waals surface area contributed by atoms with Crippen LogP contribution in [0.1, 0.15) is 11.1 Å². The smallest absolute Gasteiger partial charge is 0.142 e. The summed E-state index contributed by atoms with van der Waals surface area (Å²) in [5, 5.41) is 1.43. The quantitative estimate of drug-likeness (QED) is 0.511. The Morgan fingerprint density at radius 2 is 1.57 bits per heavy atom. The van der Waals surface area contributed by atoms with Gasteiger partial charge in [-0.25, -0.2) is 8.78 Å². The Balaban J connectivity index is 2.43. The Kier molecular flexibility index (Phi) is 5.81. The Hall–Kier alpha value is -0.450. The zero-order valence-corrected chi connectivity index (χ0v) is 15.0. The van der Waals surface area contributed by atoms with Crippen LogP contribution in [-0.4, -0.2) is 10.7 Å². The van der Waals surface area contributed by atoms with Crippen molar-refractivity contribution < 1.29 is 8.78 Å². The third-order valence-electron chi connectivity index (χ3n) is 3.53. The molecule has 0 heterocycles. The van der Waals surface area contributed by atoms with Crippen molar-refractivity contribution >= 4 is 43.5 Å². The maximum atomic E-state index is 13.6. The van der Waals surface area contributed by atoms with E-state index in [0.717, 1.165) is 11.1 Å². The number of hydrogen-bond donors (Lipinski definition) is 0. The highest BCUT2D eigenvalue weighted by Crippen LogP contribution is 2.35. The molecule has 0 aromatic heterocycles. The summed E-state index contributed by atoms with van der Waals surface area (Å²) in [7, 11) is 0. The molecule has 0 saturated heterocycles. The molecule has 0 fully saturated rings. The zero-order valence-electron chi connectivity index (χ0n) is 11.1. The second kappa shape index (κ2) is 7.21. The Labute approximate surface area is 144 Å². The third-order valence-corrected chi connectivity index (χ3v) is 6.10. The van der Waals surface area contributed by atoms with Gasteiger partial charge in [0, 0.05) is 16.1 Å². The van der Waals surface area contributed by atoms with Gasteiger partial charge in [0.1, 0.15) is 11.6 Å². The van der Waals surface area contributed by atoms with Crippen LogP contribution in [0, 0.1) is 11.6 Å². The van der Waals surface area contributed by atoms with Gasteiger partial charge in [-0.15, -0.1) is 0 Å². The molecule has 5 heteroatoms. The van der Waals surface area contributed by atoms with Crippen LogP contribution in [0.25, 0.3) is 0 Å². The van der Waals surface area contributed by atoms with Crippen molar-refractivity contribution in [2.45, 2.75) is 11.8 Å². The van der Waals surface area contributed by atoms with Gasteiger partial charge in [-0.2, -0.15) is 0 Å². The van der Waals surface area contributed by atoms with E-state index < -0.39 is 5.82 Å². The fourth-order valence-corrected chi connectivity index (χ4v) is 4.40. The third kappa shape index (κ3) is 3.66. The van der Waals surface area contributed by atoms with Crippen molar-refractivity contribution in [1.29, 1.82) is 0 Å². The molecule has 2 rings (SSSR count). The summed E-state index contributed by atoms with van der Waals surface area (Å²) >= 11 is 13.1. The summed E-state index contributed by atoms with van der Waals surface area (Å²) < 4.78 is 26.7. The molecule has 21 heavy (non-hydrogen) atoms. The average Bonchev–Trinajstić information content (AvgIpc) is 2.50. The molecule has 0 atom stereocenters. The number of alkyl halides is 2. The molecular formula is C16H13Br2ClF2. The summed E-state index contributed by atoms with van der Waals surface area (Å²) in [5.74, 6) is -0.702. The van der Waals surface area contributed by atoms with Crippen LogP contribution in [0.3, 0.4) is 0 Å². The fourth-order valence-electron chi connectivity index (χ4n) is 2.24. The van der Waals surface area contributed by atoms with Crippen molar-refractivity contribution in [1.82, 2.24) is 0 Å². The zero-order chi connectivity index (χ0) is 15.5. The predicted molar refractivity (Wildman–Crippen MR) is 90.8 cm³/mol. The number of halogens is 5. The van der Waals surface area contributed by atoms with Gasteiger partial charge in [0.05, 0.1) is 5.02 Å². The van der Waals surface area contributed by atoms with Gasteiger partial charge >= 0.3 is 0 Å². The van der Waals surface area contributed by atoms with Crippen LogP contribution >= 0.6 is 43.5 Å². The SMILES string of the molecule is Fc1ccc(C(CBr)(CBr)Cc2cccc(F)c2Cl)cc1. The number of rotatable bonds is 5. The van der Waals surface area contributed by atoms with Crippen molar-refractivity contribution in [2.24, 2.45) is 0 Å². The summed E-state index contributed by atoms with van der Waals surface area (Å²) in [6.45, 7) is 0. The molecule has 0 aliphatic carbocycles. The lowest BCUT2D eigenvalue weighted by Gasteiger charge is -2.31. The van der Waals surface area contributed by atoms with Crippen molar-refractivity contribution in [3.05, 3.63) is 70.2 Å². The van der Waals surface area contributed by atoms with Gasteiger partial charge in [0.15, 0.2) is 0 Å². The van der Waals surface area contributed by atoms with E-state index in [0.29, 0.717) is 17.1 Å². The lowest BCUT2D eigenvalue weighted by atomic mass is 9.79. The van der Waals surface area contributed by atoms with Gasteiger partial charge in [-0.1, -0.05) is 67.7 Å². The monoisotopic (exact) mass is 436 g/mol. The summed E-state index contributed by atoms with van der Waals surface area (Å²) in [6, 6.07) is 11.2. The molecule has 2 aromatic rings. The molecule has 112 valence electrons. The van der Waals surface area contributed by atoms with E-state index in [9.17, 15) is 8.78 Å². The van der Waals surface area contributed by atoms with E-state index >= 15 is 0 Å². The highest BCUT2D eigenvalue weighted by atomic mass is 79.9. The fraction of sp³-hybridized carbons (Fsp3) is 0.250. The molecule has 0 saturated carbocycles. The van der Waals surface area contributed by atoms with Crippen LogP contribution in [0.2, 0.25) is 5.02 Å². The molecule has 0 aliphatic rings. The molecule has 0 spiro atoms. The Morgan fingerprint density at radius 1 is 0.952 bits per heavy atom. The van der Waals surface area contributed by atoms with E-state index in [1.165, 1.54) is 18.2 Å². The summed E-state index contributed by atoms with van der Waals surface area (Å²) in [6.07, 6.45) is 0.547. The minimum Gasteiger partial charge on any atom is -0.207 e. The largest absolute Gasteiger partial charge is 0.207 e. The standard InChI is InChI=1S/C16H13Br2ClF2/c17-9-16(10-18,12-4-6-13(20)7-5-12)8-11-2-1-3-14(21)15(11)19/h1-7H,8-10H2. The van der Waals surface area contributed by atoms with Crippen molar-refractivity contribution in [3.63, 3.8) is 0 Å². The van der Waals surface area contributed by atoms with Crippen LogP contribution in [0.5, 0.6) is 0 Å². The van der Waals surface area contributed by atoms with E-state index in [4.69, 9.17) is 11.6 Å². The highest BCUT2D eigenvalue weighted by Gasteiger charge is 2.31. The van der Waals surface area contributed by atoms with Gasteiger partial charge in [0.25, 0.3) is 0 Å². The van der Waals surface area contributed by atoms with Crippen LogP contribution in [0.4, 0.5) is 8.78 Å². The van der Waals surface area contributed by atoms with Crippen molar-refractivity contribution in [2.75, 3.05) is 10.7 Å². The second-order valence-electron chi connectivity index (χ2n) is 4.94. The van der Waals surface area contributed by atoms with Gasteiger partial charge in [0.2, 0.25) is 0 Å². The molecule has 0 nitrogen and oxygen atoms in total. The lowest BCUT2D eigenvalue weighted by Crippen LogP contribution is -2.33. The summed E-state index contributed by atoms with van der Waals surface area (Å²) in [4.78, 5) is 0. The minimum absolute atomic E-state index is 0.144. The van der Waals surface area contributed by atoms with E-state index in [-0.39, 0.29) is 16.3 Å². The molecule has 0 unspecified atom stereocenters. The first-order chi connectivity index (χ1) is 10.0. The minimum atomic E-state index is -0.425. The van der Waals surface area contributed by atoms with E-state index in [2.05, 4.69) is 31.9 Å².